The molecular weight excluding hydrogens is 403 g/mol. The normalized spacial score (nSPS) is 17.7. The first-order valence-corrected chi connectivity index (χ1v) is 9.20. The Morgan fingerprint density at radius 1 is 1.44 bits per heavy atom. The van der Waals surface area contributed by atoms with E-state index in [1.807, 2.05) is 11.9 Å². The summed E-state index contributed by atoms with van der Waals surface area (Å²) >= 11 is 1.14. The highest BCUT2D eigenvalue weighted by Crippen LogP contribution is 2.38. The number of piperidine rings is 1. The largest absolute Gasteiger partial charge is 0.452 e. The predicted octanol–water partition coefficient (Wildman–Crippen LogP) is 4.22. The molecular formula is C17H21ClF3N3O2S. The van der Waals surface area contributed by atoms with E-state index in [1.54, 1.807) is 12.1 Å². The van der Waals surface area contributed by atoms with E-state index in [9.17, 15) is 18.0 Å². The van der Waals surface area contributed by atoms with Gasteiger partial charge < -0.3 is 14.7 Å². The molecule has 0 bridgehead atoms. The minimum atomic E-state index is -4.58. The molecule has 1 unspecified atom stereocenters. The molecule has 0 saturated carbocycles. The van der Waals surface area contributed by atoms with Gasteiger partial charge in [-0.3, -0.25) is 4.79 Å². The molecule has 3 rings (SSSR count). The number of carbonyl (C=O) groups is 1. The van der Waals surface area contributed by atoms with E-state index in [1.165, 1.54) is 6.92 Å². The number of alkyl halides is 3. The zero-order valence-electron chi connectivity index (χ0n) is 14.9. The number of rotatable bonds is 4. The van der Waals surface area contributed by atoms with Gasteiger partial charge in [-0.25, -0.2) is 0 Å². The fraction of sp³-hybridized carbons (Fsp3) is 0.529. The number of likely N-dealkylation sites (tertiary alicyclic amines) is 1. The Balaban J connectivity index is 0.00000261. The molecule has 1 N–H and O–H groups in total. The topological polar surface area (TPSA) is 58.4 Å². The van der Waals surface area contributed by atoms with Crippen molar-refractivity contribution in [3.8, 4) is 10.6 Å². The molecule has 1 saturated heterocycles. The van der Waals surface area contributed by atoms with Crippen molar-refractivity contribution in [1.29, 1.82) is 0 Å². The standard InChI is InChI=1S/C17H20F3N3O2S.ClH/c1-10-14(22-25-15(10)17(18,19)20)12-5-6-13(26-12)16(24)23-7-3-4-11(9-23)8-21-2;/h5-6,11,21H,3-4,7-9H2,1-2H3;1H. The molecule has 150 valence electrons. The molecule has 0 aliphatic carbocycles. The Hall–Kier alpha value is -1.58. The van der Waals surface area contributed by atoms with Crippen molar-refractivity contribution in [2.75, 3.05) is 26.7 Å². The number of nitrogens with zero attached hydrogens (tertiary/aromatic N) is 2. The third kappa shape index (κ3) is 4.64. The van der Waals surface area contributed by atoms with Gasteiger partial charge in [-0.15, -0.1) is 23.7 Å². The van der Waals surface area contributed by atoms with Crippen LogP contribution in [0.5, 0.6) is 0 Å². The zero-order chi connectivity index (χ0) is 18.9. The van der Waals surface area contributed by atoms with Crippen molar-refractivity contribution in [1.82, 2.24) is 15.4 Å². The van der Waals surface area contributed by atoms with Crippen LogP contribution in [0.4, 0.5) is 13.2 Å². The van der Waals surface area contributed by atoms with E-state index in [0.29, 0.717) is 28.8 Å². The molecule has 2 aromatic heterocycles. The summed E-state index contributed by atoms with van der Waals surface area (Å²) in [7, 11) is 1.89. The summed E-state index contributed by atoms with van der Waals surface area (Å²) in [6.45, 7) is 3.57. The second-order valence-corrected chi connectivity index (χ2v) is 7.55. The second-order valence-electron chi connectivity index (χ2n) is 6.46. The minimum absolute atomic E-state index is 0. The van der Waals surface area contributed by atoms with E-state index in [-0.39, 0.29) is 29.6 Å². The summed E-state index contributed by atoms with van der Waals surface area (Å²) in [5.41, 5.74) is 0.0680. The summed E-state index contributed by atoms with van der Waals surface area (Å²) < 4.78 is 43.0. The third-order valence-corrected chi connectivity index (χ3v) is 5.61. The van der Waals surface area contributed by atoms with Crippen molar-refractivity contribution in [2.45, 2.75) is 25.9 Å². The maximum absolute atomic E-state index is 12.9. The number of thiophene rings is 1. The molecule has 2 aromatic rings. The molecule has 0 radical (unpaired) electrons. The first-order chi connectivity index (χ1) is 12.3. The lowest BCUT2D eigenvalue weighted by Crippen LogP contribution is -2.42. The van der Waals surface area contributed by atoms with Crippen LogP contribution in [0, 0.1) is 12.8 Å². The molecule has 3 heterocycles. The summed E-state index contributed by atoms with van der Waals surface area (Å²) in [5.74, 6) is -0.761. The molecule has 0 spiro atoms. The van der Waals surface area contributed by atoms with Gasteiger partial charge >= 0.3 is 6.18 Å². The zero-order valence-corrected chi connectivity index (χ0v) is 16.6. The van der Waals surface area contributed by atoms with E-state index in [4.69, 9.17) is 0 Å². The number of amides is 1. The third-order valence-electron chi connectivity index (χ3n) is 4.53. The molecule has 1 amide bonds. The summed E-state index contributed by atoms with van der Waals surface area (Å²) in [5, 5.41) is 6.69. The monoisotopic (exact) mass is 423 g/mol. The van der Waals surface area contributed by atoms with Crippen LogP contribution < -0.4 is 5.32 Å². The van der Waals surface area contributed by atoms with E-state index < -0.39 is 11.9 Å². The lowest BCUT2D eigenvalue weighted by Gasteiger charge is -2.32. The number of carbonyl (C=O) groups excluding carboxylic acids is 1. The van der Waals surface area contributed by atoms with Crippen molar-refractivity contribution in [2.24, 2.45) is 5.92 Å². The first kappa shape index (κ1) is 21.7. The van der Waals surface area contributed by atoms with Crippen molar-refractivity contribution < 1.29 is 22.5 Å². The second kappa shape index (κ2) is 8.62. The average molecular weight is 424 g/mol. The van der Waals surface area contributed by atoms with Crippen molar-refractivity contribution in [3.63, 3.8) is 0 Å². The van der Waals surface area contributed by atoms with Gasteiger partial charge in [0.2, 0.25) is 5.76 Å². The number of hydrogen-bond acceptors (Lipinski definition) is 5. The number of nitrogens with one attached hydrogen (secondary N) is 1. The van der Waals surface area contributed by atoms with Crippen molar-refractivity contribution >= 4 is 29.7 Å². The number of halogens is 4. The molecule has 10 heteroatoms. The van der Waals surface area contributed by atoms with E-state index in [2.05, 4.69) is 15.0 Å². The molecule has 27 heavy (non-hydrogen) atoms. The maximum Gasteiger partial charge on any atom is 0.452 e. The van der Waals surface area contributed by atoms with Crippen molar-refractivity contribution in [3.05, 3.63) is 28.3 Å². The molecule has 1 atom stereocenters. The molecule has 0 aromatic carbocycles. The summed E-state index contributed by atoms with van der Waals surface area (Å²) in [6, 6.07) is 3.27. The Morgan fingerprint density at radius 3 is 2.81 bits per heavy atom. The Kier molecular flexibility index (Phi) is 6.93. The highest BCUT2D eigenvalue weighted by molar-refractivity contribution is 7.17. The first-order valence-electron chi connectivity index (χ1n) is 8.38. The van der Waals surface area contributed by atoms with Crippen LogP contribution in [-0.4, -0.2) is 42.6 Å². The Bertz CT molecular complexity index is 789. The van der Waals surface area contributed by atoms with Crippen LogP contribution >= 0.6 is 23.7 Å². The highest BCUT2D eigenvalue weighted by Gasteiger charge is 2.39. The highest BCUT2D eigenvalue weighted by atomic mass is 35.5. The fourth-order valence-electron chi connectivity index (χ4n) is 3.27. The summed E-state index contributed by atoms with van der Waals surface area (Å²) in [4.78, 5) is 15.5. The molecule has 1 aliphatic rings. The number of hydrogen-bond donors (Lipinski definition) is 1. The van der Waals surface area contributed by atoms with Gasteiger partial charge in [0.25, 0.3) is 5.91 Å². The Morgan fingerprint density at radius 2 is 2.19 bits per heavy atom. The fourth-order valence-corrected chi connectivity index (χ4v) is 4.28. The molecule has 1 aliphatic heterocycles. The predicted molar refractivity (Wildman–Crippen MR) is 99.4 cm³/mol. The lowest BCUT2D eigenvalue weighted by molar-refractivity contribution is -0.156. The molecule has 1 fully saturated rings. The Labute approximate surface area is 165 Å². The smallest absolute Gasteiger partial charge is 0.351 e. The van der Waals surface area contributed by atoms with Gasteiger partial charge in [-0.1, -0.05) is 5.16 Å². The number of aromatic nitrogens is 1. The SMILES string of the molecule is CNCC1CCCN(C(=O)c2ccc(-c3noc(C(F)(F)F)c3C)s2)C1.Cl. The van der Waals surface area contributed by atoms with Gasteiger partial charge in [-0.05, 0) is 51.4 Å². The van der Waals surface area contributed by atoms with E-state index >= 15 is 0 Å². The molecule has 5 nitrogen and oxygen atoms in total. The van der Waals surface area contributed by atoms with Crippen LogP contribution in [0.3, 0.4) is 0 Å². The minimum Gasteiger partial charge on any atom is -0.351 e. The van der Waals surface area contributed by atoms with Crippen LogP contribution in [0.2, 0.25) is 0 Å². The van der Waals surface area contributed by atoms with E-state index in [0.717, 1.165) is 30.7 Å². The van der Waals surface area contributed by atoms with Crippen LogP contribution in [0.1, 0.15) is 33.8 Å². The van der Waals surface area contributed by atoms with Gasteiger partial charge in [0.05, 0.1) is 9.75 Å². The lowest BCUT2D eigenvalue weighted by atomic mass is 9.98. The maximum atomic E-state index is 12.9. The van der Waals surface area contributed by atoms with Gasteiger partial charge in [-0.2, -0.15) is 13.2 Å². The van der Waals surface area contributed by atoms with Gasteiger partial charge in [0.15, 0.2) is 0 Å². The van der Waals surface area contributed by atoms with Gasteiger partial charge in [0, 0.05) is 18.7 Å². The average Bonchev–Trinajstić information content (AvgIpc) is 3.20. The van der Waals surface area contributed by atoms with Gasteiger partial charge in [0.1, 0.15) is 5.69 Å². The van der Waals surface area contributed by atoms with Crippen LogP contribution in [0.25, 0.3) is 10.6 Å². The quantitative estimate of drug-likeness (QED) is 0.799. The summed E-state index contributed by atoms with van der Waals surface area (Å²) in [6.07, 6.45) is -2.55. The van der Waals surface area contributed by atoms with Crippen LogP contribution in [-0.2, 0) is 6.18 Å². The van der Waals surface area contributed by atoms with Crippen LogP contribution in [0.15, 0.2) is 16.7 Å².